The molecule has 1 aliphatic carbocycles. The van der Waals surface area contributed by atoms with Gasteiger partial charge in [0.05, 0.1) is 0 Å². The van der Waals surface area contributed by atoms with Gasteiger partial charge in [0.15, 0.2) is 0 Å². The van der Waals surface area contributed by atoms with E-state index in [-0.39, 0.29) is 5.91 Å². The summed E-state index contributed by atoms with van der Waals surface area (Å²) in [6, 6.07) is 0. The fourth-order valence-corrected chi connectivity index (χ4v) is 3.22. The Balaban J connectivity index is 1.81. The average molecular weight is 274 g/mol. The average Bonchev–Trinajstić information content (AvgIpc) is 2.72. The highest BCUT2D eigenvalue weighted by Crippen LogP contribution is 2.27. The lowest BCUT2D eigenvalue weighted by atomic mass is 9.96. The lowest BCUT2D eigenvalue weighted by molar-refractivity contribution is -0.128. The lowest BCUT2D eigenvalue weighted by Crippen LogP contribution is -2.34. The molecule has 1 aromatic heterocycles. The van der Waals surface area contributed by atoms with E-state index in [0.717, 1.165) is 51.3 Å². The van der Waals surface area contributed by atoms with Crippen molar-refractivity contribution in [3.8, 4) is 0 Å². The van der Waals surface area contributed by atoms with Gasteiger partial charge in [0.25, 0.3) is 0 Å². The Kier molecular flexibility index (Phi) is 3.85. The van der Waals surface area contributed by atoms with Crippen LogP contribution in [0.1, 0.15) is 37.4 Å². The smallest absolute Gasteiger partial charge is 0.219 e. The van der Waals surface area contributed by atoms with Crippen molar-refractivity contribution in [3.05, 3.63) is 17.6 Å². The Labute approximate surface area is 120 Å². The molecule has 1 aromatic rings. The Bertz CT molecular complexity index is 503. The van der Waals surface area contributed by atoms with Gasteiger partial charge >= 0.3 is 0 Å². The molecule has 1 aliphatic heterocycles. The number of carbonyl (C=O) groups excluding carboxylic acids is 1. The number of aromatic nitrogens is 2. The standard InChI is InChI=1S/C15H22N4O/c1-12(20)18-7-4-8-19(10-9-18)15-13-5-2-3-6-14(13)16-11-17-15/h11H,2-10H2,1H3. The van der Waals surface area contributed by atoms with Gasteiger partial charge in [-0.05, 0) is 32.1 Å². The maximum absolute atomic E-state index is 11.5. The Morgan fingerprint density at radius 1 is 1.05 bits per heavy atom. The highest BCUT2D eigenvalue weighted by atomic mass is 16.2. The quantitative estimate of drug-likeness (QED) is 0.777. The summed E-state index contributed by atoms with van der Waals surface area (Å²) >= 11 is 0. The largest absolute Gasteiger partial charge is 0.354 e. The van der Waals surface area contributed by atoms with Crippen LogP contribution in [0.5, 0.6) is 0 Å². The van der Waals surface area contributed by atoms with Gasteiger partial charge in [0.2, 0.25) is 5.91 Å². The molecule has 0 atom stereocenters. The number of anilines is 1. The topological polar surface area (TPSA) is 49.3 Å². The molecule has 20 heavy (non-hydrogen) atoms. The van der Waals surface area contributed by atoms with E-state index in [1.54, 1.807) is 13.3 Å². The Hall–Kier alpha value is -1.65. The number of hydrogen-bond donors (Lipinski definition) is 0. The maximum Gasteiger partial charge on any atom is 0.219 e. The van der Waals surface area contributed by atoms with Crippen molar-refractivity contribution in [1.29, 1.82) is 0 Å². The van der Waals surface area contributed by atoms with E-state index in [1.165, 1.54) is 24.1 Å². The molecule has 0 N–H and O–H groups in total. The van der Waals surface area contributed by atoms with E-state index in [1.807, 2.05) is 4.90 Å². The zero-order chi connectivity index (χ0) is 13.9. The first-order valence-corrected chi connectivity index (χ1v) is 7.59. The molecule has 0 aromatic carbocycles. The van der Waals surface area contributed by atoms with Crippen molar-refractivity contribution < 1.29 is 4.79 Å². The van der Waals surface area contributed by atoms with E-state index in [2.05, 4.69) is 14.9 Å². The molecule has 3 rings (SSSR count). The predicted octanol–water partition coefficient (Wildman–Crippen LogP) is 1.41. The van der Waals surface area contributed by atoms with Gasteiger partial charge in [-0.3, -0.25) is 4.79 Å². The summed E-state index contributed by atoms with van der Waals surface area (Å²) in [5.74, 6) is 1.29. The Morgan fingerprint density at radius 2 is 1.90 bits per heavy atom. The third-order valence-electron chi connectivity index (χ3n) is 4.34. The first kappa shape index (κ1) is 13.3. The molecule has 1 saturated heterocycles. The molecule has 1 amide bonds. The Morgan fingerprint density at radius 3 is 2.75 bits per heavy atom. The molecule has 0 bridgehead atoms. The molecule has 5 nitrogen and oxygen atoms in total. The zero-order valence-corrected chi connectivity index (χ0v) is 12.1. The summed E-state index contributed by atoms with van der Waals surface area (Å²) in [7, 11) is 0. The lowest BCUT2D eigenvalue weighted by Gasteiger charge is -2.26. The second-order valence-electron chi connectivity index (χ2n) is 5.68. The summed E-state index contributed by atoms with van der Waals surface area (Å²) in [6.07, 6.45) is 7.37. The van der Waals surface area contributed by atoms with Crippen LogP contribution in [0.3, 0.4) is 0 Å². The van der Waals surface area contributed by atoms with Gasteiger partial charge in [-0.2, -0.15) is 0 Å². The first-order valence-electron chi connectivity index (χ1n) is 7.59. The van der Waals surface area contributed by atoms with Crippen LogP contribution >= 0.6 is 0 Å². The zero-order valence-electron chi connectivity index (χ0n) is 12.1. The first-order chi connectivity index (χ1) is 9.75. The van der Waals surface area contributed by atoms with E-state index in [4.69, 9.17) is 0 Å². The fraction of sp³-hybridized carbons (Fsp3) is 0.667. The molecule has 2 heterocycles. The third-order valence-corrected chi connectivity index (χ3v) is 4.34. The molecular formula is C15H22N4O. The van der Waals surface area contributed by atoms with Gasteiger partial charge in [-0.25, -0.2) is 9.97 Å². The van der Waals surface area contributed by atoms with Crippen LogP contribution in [0.2, 0.25) is 0 Å². The van der Waals surface area contributed by atoms with E-state index in [9.17, 15) is 4.79 Å². The third kappa shape index (κ3) is 2.62. The molecule has 2 aliphatic rings. The minimum atomic E-state index is 0.177. The van der Waals surface area contributed by atoms with Crippen molar-refractivity contribution >= 4 is 11.7 Å². The van der Waals surface area contributed by atoms with Gasteiger partial charge in [0, 0.05) is 44.4 Å². The second kappa shape index (κ2) is 5.77. The number of fused-ring (bicyclic) bond motifs is 1. The molecular weight excluding hydrogens is 252 g/mol. The molecule has 1 fully saturated rings. The SMILES string of the molecule is CC(=O)N1CCCN(c2ncnc3c2CCCC3)CC1. The number of hydrogen-bond acceptors (Lipinski definition) is 4. The van der Waals surface area contributed by atoms with Crippen molar-refractivity contribution in [3.63, 3.8) is 0 Å². The van der Waals surface area contributed by atoms with Gasteiger partial charge < -0.3 is 9.80 Å². The molecule has 0 spiro atoms. The highest BCUT2D eigenvalue weighted by molar-refractivity contribution is 5.73. The van der Waals surface area contributed by atoms with Crippen molar-refractivity contribution in [2.24, 2.45) is 0 Å². The number of carbonyl (C=O) groups is 1. The minimum absolute atomic E-state index is 0.177. The molecule has 5 heteroatoms. The van der Waals surface area contributed by atoms with Gasteiger partial charge in [-0.15, -0.1) is 0 Å². The predicted molar refractivity (Wildman–Crippen MR) is 77.8 cm³/mol. The van der Waals surface area contributed by atoms with Crippen molar-refractivity contribution in [2.45, 2.75) is 39.0 Å². The summed E-state index contributed by atoms with van der Waals surface area (Å²) in [6.45, 7) is 5.17. The number of aryl methyl sites for hydroxylation is 1. The van der Waals surface area contributed by atoms with E-state index >= 15 is 0 Å². The highest BCUT2D eigenvalue weighted by Gasteiger charge is 2.22. The van der Waals surface area contributed by atoms with Gasteiger partial charge in [0.1, 0.15) is 12.1 Å². The van der Waals surface area contributed by atoms with Crippen molar-refractivity contribution in [2.75, 3.05) is 31.1 Å². The summed E-state index contributed by atoms with van der Waals surface area (Å²) in [4.78, 5) is 24.8. The maximum atomic E-state index is 11.5. The van der Waals surface area contributed by atoms with Gasteiger partial charge in [-0.1, -0.05) is 0 Å². The molecule has 0 radical (unpaired) electrons. The van der Waals surface area contributed by atoms with E-state index < -0.39 is 0 Å². The van der Waals surface area contributed by atoms with Crippen LogP contribution in [0, 0.1) is 0 Å². The van der Waals surface area contributed by atoms with Crippen LogP contribution in [-0.2, 0) is 17.6 Å². The van der Waals surface area contributed by atoms with Crippen molar-refractivity contribution in [1.82, 2.24) is 14.9 Å². The van der Waals surface area contributed by atoms with Crippen LogP contribution in [0.4, 0.5) is 5.82 Å². The van der Waals surface area contributed by atoms with Crippen LogP contribution in [0.15, 0.2) is 6.33 Å². The van der Waals surface area contributed by atoms with Crippen LogP contribution in [0.25, 0.3) is 0 Å². The fourth-order valence-electron chi connectivity index (χ4n) is 3.22. The molecule has 0 unspecified atom stereocenters. The number of amides is 1. The second-order valence-corrected chi connectivity index (χ2v) is 5.68. The monoisotopic (exact) mass is 274 g/mol. The number of rotatable bonds is 1. The summed E-state index contributed by atoms with van der Waals surface area (Å²) in [5, 5.41) is 0. The van der Waals surface area contributed by atoms with Crippen LogP contribution < -0.4 is 4.90 Å². The van der Waals surface area contributed by atoms with E-state index in [0.29, 0.717) is 0 Å². The number of nitrogens with zero attached hydrogens (tertiary/aromatic N) is 4. The molecule has 0 saturated carbocycles. The summed E-state index contributed by atoms with van der Waals surface area (Å²) in [5.41, 5.74) is 2.57. The summed E-state index contributed by atoms with van der Waals surface area (Å²) < 4.78 is 0. The molecule has 108 valence electrons. The van der Waals surface area contributed by atoms with Crippen LogP contribution in [-0.4, -0.2) is 47.0 Å². The normalized spacial score (nSPS) is 19.4. The minimum Gasteiger partial charge on any atom is -0.354 e.